The summed E-state index contributed by atoms with van der Waals surface area (Å²) in [6.45, 7) is 5.57. The van der Waals surface area contributed by atoms with Gasteiger partial charge in [-0.3, -0.25) is 9.59 Å². The summed E-state index contributed by atoms with van der Waals surface area (Å²) in [6, 6.07) is 0. The minimum absolute atomic E-state index is 0.0239. The lowest BCUT2D eigenvalue weighted by atomic mass is 9.79. The van der Waals surface area contributed by atoms with Crippen molar-refractivity contribution in [2.75, 3.05) is 13.7 Å². The van der Waals surface area contributed by atoms with E-state index < -0.39 is 11.1 Å². The Kier molecular flexibility index (Phi) is 5.99. The molecule has 0 unspecified atom stereocenters. The van der Waals surface area contributed by atoms with Crippen molar-refractivity contribution in [3.05, 3.63) is 0 Å². The molecule has 1 fully saturated rings. The van der Waals surface area contributed by atoms with Crippen LogP contribution in [0.5, 0.6) is 0 Å². The minimum atomic E-state index is -0.497. The van der Waals surface area contributed by atoms with Crippen LogP contribution in [0.25, 0.3) is 0 Å². The van der Waals surface area contributed by atoms with Gasteiger partial charge in [-0.25, -0.2) is 0 Å². The van der Waals surface area contributed by atoms with Crippen LogP contribution < -0.4 is 5.32 Å². The summed E-state index contributed by atoms with van der Waals surface area (Å²) in [7, 11) is 1.49. The lowest BCUT2D eigenvalue weighted by Crippen LogP contribution is -2.52. The van der Waals surface area contributed by atoms with Gasteiger partial charge < -0.3 is 14.8 Å². The topological polar surface area (TPSA) is 64.6 Å². The number of hydrogen-bond acceptors (Lipinski definition) is 4. The van der Waals surface area contributed by atoms with Gasteiger partial charge in [0.25, 0.3) is 0 Å². The number of hydrogen-bond donors (Lipinski definition) is 1. The summed E-state index contributed by atoms with van der Waals surface area (Å²) in [5.41, 5.74) is -0.959. The first kappa shape index (κ1) is 17.0. The van der Waals surface area contributed by atoms with E-state index in [0.717, 1.165) is 32.1 Å². The molecule has 0 spiro atoms. The third-order valence-corrected chi connectivity index (χ3v) is 3.39. The molecule has 0 aromatic heterocycles. The fourth-order valence-electron chi connectivity index (χ4n) is 2.69. The second-order valence-electron chi connectivity index (χ2n) is 6.59. The molecule has 1 saturated carbocycles. The molecule has 0 aliphatic heterocycles. The van der Waals surface area contributed by atoms with Crippen LogP contribution in [0.1, 0.15) is 59.3 Å². The molecule has 0 atom stereocenters. The largest absolute Gasteiger partial charge is 0.460 e. The van der Waals surface area contributed by atoms with Crippen molar-refractivity contribution in [1.82, 2.24) is 5.32 Å². The van der Waals surface area contributed by atoms with Gasteiger partial charge in [0.1, 0.15) is 12.2 Å². The third kappa shape index (κ3) is 5.90. The number of rotatable bonds is 5. The normalized spacial score (nSPS) is 18.4. The quantitative estimate of drug-likeness (QED) is 0.786. The molecule has 1 rings (SSSR count). The first-order chi connectivity index (χ1) is 9.26. The van der Waals surface area contributed by atoms with Crippen molar-refractivity contribution in [2.24, 2.45) is 0 Å². The van der Waals surface area contributed by atoms with Gasteiger partial charge in [0, 0.05) is 7.11 Å². The van der Waals surface area contributed by atoms with Gasteiger partial charge in [0.2, 0.25) is 5.91 Å². The maximum absolute atomic E-state index is 12.1. The minimum Gasteiger partial charge on any atom is -0.460 e. The number of amides is 1. The smallest absolute Gasteiger partial charge is 0.308 e. The van der Waals surface area contributed by atoms with Crippen molar-refractivity contribution in [3.63, 3.8) is 0 Å². The SMILES string of the molecule is COCC(=O)NC1(CC(=O)OC(C)(C)C)CCCCC1. The second kappa shape index (κ2) is 7.07. The lowest BCUT2D eigenvalue weighted by Gasteiger charge is -2.38. The van der Waals surface area contributed by atoms with Crippen LogP contribution in [-0.2, 0) is 19.1 Å². The molecule has 5 nitrogen and oxygen atoms in total. The molecule has 1 aliphatic carbocycles. The van der Waals surface area contributed by atoms with Crippen molar-refractivity contribution in [2.45, 2.75) is 70.4 Å². The Morgan fingerprint density at radius 2 is 1.75 bits per heavy atom. The number of nitrogens with one attached hydrogen (secondary N) is 1. The monoisotopic (exact) mass is 285 g/mol. The standard InChI is InChI=1S/C15H27NO4/c1-14(2,3)20-13(18)10-15(8-6-5-7-9-15)16-12(17)11-19-4/h5-11H2,1-4H3,(H,16,17). The van der Waals surface area contributed by atoms with E-state index in [2.05, 4.69) is 5.32 Å². The fourth-order valence-corrected chi connectivity index (χ4v) is 2.69. The van der Waals surface area contributed by atoms with E-state index in [1.807, 2.05) is 20.8 Å². The first-order valence-electron chi connectivity index (χ1n) is 7.28. The first-order valence-corrected chi connectivity index (χ1v) is 7.28. The molecule has 1 amide bonds. The van der Waals surface area contributed by atoms with Crippen LogP contribution in [0.4, 0.5) is 0 Å². The fraction of sp³-hybridized carbons (Fsp3) is 0.867. The molecule has 1 N–H and O–H groups in total. The van der Waals surface area contributed by atoms with Crippen molar-refractivity contribution in [3.8, 4) is 0 Å². The average Bonchev–Trinajstić information content (AvgIpc) is 2.26. The highest BCUT2D eigenvalue weighted by Crippen LogP contribution is 2.32. The molecule has 0 aromatic rings. The lowest BCUT2D eigenvalue weighted by molar-refractivity contribution is -0.157. The second-order valence-corrected chi connectivity index (χ2v) is 6.59. The maximum atomic E-state index is 12.1. The zero-order valence-corrected chi connectivity index (χ0v) is 13.1. The molecular weight excluding hydrogens is 258 g/mol. The number of esters is 1. The molecule has 116 valence electrons. The zero-order chi connectivity index (χ0) is 15.2. The number of carbonyl (C=O) groups excluding carboxylic acids is 2. The van der Waals surface area contributed by atoms with Crippen LogP contribution in [0.3, 0.4) is 0 Å². The van der Waals surface area contributed by atoms with Crippen LogP contribution in [0.15, 0.2) is 0 Å². The Labute approximate surface area is 121 Å². The zero-order valence-electron chi connectivity index (χ0n) is 13.1. The van der Waals surface area contributed by atoms with E-state index in [-0.39, 0.29) is 24.9 Å². The molecule has 0 radical (unpaired) electrons. The number of ether oxygens (including phenoxy) is 2. The molecule has 0 heterocycles. The van der Waals surface area contributed by atoms with Crippen LogP contribution in [0.2, 0.25) is 0 Å². The summed E-state index contributed by atoms with van der Waals surface area (Å²) in [6.07, 6.45) is 5.07. The Morgan fingerprint density at radius 1 is 1.15 bits per heavy atom. The molecule has 0 aromatic carbocycles. The van der Waals surface area contributed by atoms with Crippen LogP contribution in [-0.4, -0.2) is 36.7 Å². The van der Waals surface area contributed by atoms with E-state index in [0.29, 0.717) is 0 Å². The van der Waals surface area contributed by atoms with Gasteiger partial charge in [0.15, 0.2) is 0 Å². The predicted octanol–water partition coefficient (Wildman–Crippen LogP) is 2.18. The van der Waals surface area contributed by atoms with Gasteiger partial charge in [-0.15, -0.1) is 0 Å². The summed E-state index contributed by atoms with van der Waals surface area (Å²) in [5, 5.41) is 2.99. The van der Waals surface area contributed by atoms with Gasteiger partial charge in [-0.2, -0.15) is 0 Å². The summed E-state index contributed by atoms with van der Waals surface area (Å²) < 4.78 is 10.2. The highest BCUT2D eigenvalue weighted by molar-refractivity contribution is 5.79. The summed E-state index contributed by atoms with van der Waals surface area (Å²) in [5.74, 6) is -0.421. The van der Waals surface area contributed by atoms with Crippen molar-refractivity contribution < 1.29 is 19.1 Å². The summed E-state index contributed by atoms with van der Waals surface area (Å²) in [4.78, 5) is 23.9. The number of methoxy groups -OCH3 is 1. The molecule has 1 aliphatic rings. The number of carbonyl (C=O) groups is 2. The van der Waals surface area contributed by atoms with Gasteiger partial charge in [-0.1, -0.05) is 19.3 Å². The molecule has 5 heteroatoms. The van der Waals surface area contributed by atoms with Gasteiger partial charge in [-0.05, 0) is 33.6 Å². The third-order valence-electron chi connectivity index (χ3n) is 3.39. The highest BCUT2D eigenvalue weighted by atomic mass is 16.6. The Hall–Kier alpha value is -1.10. The summed E-state index contributed by atoms with van der Waals surface area (Å²) >= 11 is 0. The van der Waals surface area contributed by atoms with Gasteiger partial charge in [0.05, 0.1) is 12.0 Å². The van der Waals surface area contributed by atoms with Gasteiger partial charge >= 0.3 is 5.97 Å². The maximum Gasteiger partial charge on any atom is 0.308 e. The van der Waals surface area contributed by atoms with E-state index in [1.165, 1.54) is 7.11 Å². The van der Waals surface area contributed by atoms with E-state index in [9.17, 15) is 9.59 Å². The average molecular weight is 285 g/mol. The van der Waals surface area contributed by atoms with Crippen molar-refractivity contribution in [1.29, 1.82) is 0 Å². The van der Waals surface area contributed by atoms with E-state index >= 15 is 0 Å². The molecule has 0 bridgehead atoms. The van der Waals surface area contributed by atoms with E-state index in [4.69, 9.17) is 9.47 Å². The molecule has 20 heavy (non-hydrogen) atoms. The molecule has 0 saturated heterocycles. The highest BCUT2D eigenvalue weighted by Gasteiger charge is 2.37. The Morgan fingerprint density at radius 3 is 2.25 bits per heavy atom. The van der Waals surface area contributed by atoms with Crippen LogP contribution >= 0.6 is 0 Å². The van der Waals surface area contributed by atoms with Crippen molar-refractivity contribution >= 4 is 11.9 Å². The molecular formula is C15H27NO4. The van der Waals surface area contributed by atoms with Crippen LogP contribution in [0, 0.1) is 0 Å². The predicted molar refractivity (Wildman–Crippen MR) is 76.3 cm³/mol. The Balaban J connectivity index is 2.68. The Bertz CT molecular complexity index is 340. The van der Waals surface area contributed by atoms with E-state index in [1.54, 1.807) is 0 Å².